The van der Waals surface area contributed by atoms with Crippen LogP contribution >= 0.6 is 18.2 Å². The molecule has 2 N–H and O–H groups in total. The molecule has 0 amide bonds. The van der Waals surface area contributed by atoms with Gasteiger partial charge in [-0.25, -0.2) is 4.57 Å². The van der Waals surface area contributed by atoms with Crippen LogP contribution in [0.5, 0.6) is 0 Å². The summed E-state index contributed by atoms with van der Waals surface area (Å²) in [6.07, 6.45) is 2.50. The summed E-state index contributed by atoms with van der Waals surface area (Å²) < 4.78 is 10.1. The second kappa shape index (κ2) is 4.12. The molecule has 0 aromatic rings. The van der Waals surface area contributed by atoms with Gasteiger partial charge in [-0.1, -0.05) is 13.0 Å². The topological polar surface area (TPSA) is 57.5 Å². The zero-order valence-electron chi connectivity index (χ0n) is 5.02. The van der Waals surface area contributed by atoms with Crippen LogP contribution in [0.3, 0.4) is 0 Å². The fourth-order valence-electron chi connectivity index (χ4n) is 0.219. The summed E-state index contributed by atoms with van der Waals surface area (Å²) in [7, 11) is 0. The van der Waals surface area contributed by atoms with Crippen LogP contribution in [-0.4, -0.2) is 9.79 Å². The molecular weight excluding hydrogens is 159 g/mol. The zero-order chi connectivity index (χ0) is 7.33. The minimum Gasteiger partial charge on any atom is -0.316 e. The van der Waals surface area contributed by atoms with Gasteiger partial charge in [-0.05, 0) is 23.2 Å². The Morgan fingerprint density at radius 2 is 2.22 bits per heavy atom. The predicted molar refractivity (Wildman–Crippen MR) is 39.1 cm³/mol. The van der Waals surface area contributed by atoms with Crippen molar-refractivity contribution >= 4 is 18.2 Å². The molecule has 0 saturated heterocycles. The van der Waals surface area contributed by atoms with Crippen LogP contribution in [0.2, 0.25) is 0 Å². The van der Waals surface area contributed by atoms with E-state index < -0.39 is 6.80 Å². The molecule has 0 aromatic heterocycles. The van der Waals surface area contributed by atoms with Crippen LogP contribution in [0, 0.1) is 0 Å². The normalized spacial score (nSPS) is 12.8. The molecule has 0 bridgehead atoms. The molecular formula is C4H9O3PS. The molecule has 0 aliphatic rings. The molecule has 9 heavy (non-hydrogen) atoms. The second-order valence-electron chi connectivity index (χ2n) is 1.38. The first-order valence-electron chi connectivity index (χ1n) is 2.45. The quantitative estimate of drug-likeness (QED) is 0.630. The van der Waals surface area contributed by atoms with Crippen molar-refractivity contribution in [1.29, 1.82) is 0 Å². The highest BCUT2D eigenvalue weighted by Gasteiger charge is 2.09. The summed E-state index contributed by atoms with van der Waals surface area (Å²) in [6, 6.07) is 0. The Bertz CT molecular complexity index is 139. The van der Waals surface area contributed by atoms with E-state index in [9.17, 15) is 4.57 Å². The monoisotopic (exact) mass is 168 g/mol. The maximum Gasteiger partial charge on any atom is 0.388 e. The molecule has 0 rings (SSSR count). The Morgan fingerprint density at radius 3 is 2.56 bits per heavy atom. The summed E-state index contributed by atoms with van der Waals surface area (Å²) in [5.74, 6) is 0. The number of allylic oxidation sites excluding steroid dienone is 1. The fraction of sp³-hybridized carbons (Fsp3) is 0.500. The highest BCUT2D eigenvalue weighted by molar-refractivity contribution is 8.56. The lowest BCUT2D eigenvalue weighted by Gasteiger charge is -1.94. The van der Waals surface area contributed by atoms with E-state index in [1.807, 2.05) is 6.92 Å². The zero-order valence-corrected chi connectivity index (χ0v) is 6.73. The third-order valence-electron chi connectivity index (χ3n) is 0.530. The molecule has 3 nitrogen and oxygen atoms in total. The van der Waals surface area contributed by atoms with Gasteiger partial charge in [0.1, 0.15) is 0 Å². The van der Waals surface area contributed by atoms with E-state index in [1.165, 1.54) is 5.41 Å². The van der Waals surface area contributed by atoms with Gasteiger partial charge in [0.05, 0.1) is 0 Å². The molecule has 5 heteroatoms. The molecule has 0 aliphatic heterocycles. The maximum absolute atomic E-state index is 10.1. The van der Waals surface area contributed by atoms with Gasteiger partial charge in [-0.3, -0.25) is 0 Å². The van der Waals surface area contributed by atoms with Gasteiger partial charge in [0.25, 0.3) is 0 Å². The Labute approximate surface area is 58.1 Å². The molecule has 0 fully saturated rings. The van der Waals surface area contributed by atoms with E-state index in [2.05, 4.69) is 0 Å². The number of hydrogen-bond donors (Lipinski definition) is 2. The fourth-order valence-corrected chi connectivity index (χ4v) is 1.39. The minimum absolute atomic E-state index is 0.544. The van der Waals surface area contributed by atoms with Crippen molar-refractivity contribution in [3.63, 3.8) is 0 Å². The molecule has 0 saturated carbocycles. The van der Waals surface area contributed by atoms with Gasteiger partial charge in [0.15, 0.2) is 0 Å². The predicted octanol–water partition coefficient (Wildman–Crippen LogP) is 1.74. The van der Waals surface area contributed by atoms with E-state index >= 15 is 0 Å². The van der Waals surface area contributed by atoms with E-state index in [0.29, 0.717) is 11.4 Å². The van der Waals surface area contributed by atoms with Crippen molar-refractivity contribution in [2.24, 2.45) is 0 Å². The average Bonchev–Trinajstić information content (AvgIpc) is 1.63. The third kappa shape index (κ3) is 8.24. The van der Waals surface area contributed by atoms with Gasteiger partial charge >= 0.3 is 6.80 Å². The summed E-state index contributed by atoms with van der Waals surface area (Å²) in [6.45, 7) is -1.97. The standard InChI is InChI=1S/C4H9O3PS/c1-2-3-4-9-8(5,6)7/h3-4H,2H2,1H3,(H2,5,6,7)/b4-3+. The summed E-state index contributed by atoms with van der Waals surface area (Å²) in [5.41, 5.74) is 0. The van der Waals surface area contributed by atoms with Crippen LogP contribution in [0.25, 0.3) is 0 Å². The average molecular weight is 168 g/mol. The minimum atomic E-state index is -3.87. The van der Waals surface area contributed by atoms with Gasteiger partial charge in [0.2, 0.25) is 0 Å². The molecule has 0 unspecified atom stereocenters. The Kier molecular flexibility index (Phi) is 4.23. The molecule has 0 aliphatic carbocycles. The highest BCUT2D eigenvalue weighted by atomic mass is 32.7. The summed E-state index contributed by atoms with van der Waals surface area (Å²) in [4.78, 5) is 16.5. The van der Waals surface area contributed by atoms with Crippen LogP contribution < -0.4 is 0 Å². The molecule has 0 atom stereocenters. The lowest BCUT2D eigenvalue weighted by molar-refractivity contribution is 0.397. The van der Waals surface area contributed by atoms with Crippen LogP contribution in [0.15, 0.2) is 11.5 Å². The summed E-state index contributed by atoms with van der Waals surface area (Å²) >= 11 is 0.544. The highest BCUT2D eigenvalue weighted by Crippen LogP contribution is 2.50. The Balaban J connectivity index is 3.51. The van der Waals surface area contributed by atoms with E-state index in [4.69, 9.17) is 9.79 Å². The third-order valence-corrected chi connectivity index (χ3v) is 2.31. The van der Waals surface area contributed by atoms with Crippen molar-refractivity contribution in [3.05, 3.63) is 11.5 Å². The van der Waals surface area contributed by atoms with Gasteiger partial charge < -0.3 is 9.79 Å². The van der Waals surface area contributed by atoms with E-state index in [0.717, 1.165) is 6.42 Å². The van der Waals surface area contributed by atoms with Crippen LogP contribution in [0.4, 0.5) is 0 Å². The van der Waals surface area contributed by atoms with Crippen LogP contribution in [0.1, 0.15) is 13.3 Å². The van der Waals surface area contributed by atoms with Crippen molar-refractivity contribution in [1.82, 2.24) is 0 Å². The van der Waals surface area contributed by atoms with Gasteiger partial charge in [-0.15, -0.1) is 0 Å². The molecule has 0 spiro atoms. The van der Waals surface area contributed by atoms with Crippen molar-refractivity contribution in [2.45, 2.75) is 13.3 Å². The SMILES string of the molecule is CC/C=C/SP(=O)(O)O. The van der Waals surface area contributed by atoms with Crippen molar-refractivity contribution in [2.75, 3.05) is 0 Å². The van der Waals surface area contributed by atoms with Gasteiger partial charge in [0, 0.05) is 0 Å². The van der Waals surface area contributed by atoms with Crippen LogP contribution in [-0.2, 0) is 4.57 Å². The smallest absolute Gasteiger partial charge is 0.316 e. The summed E-state index contributed by atoms with van der Waals surface area (Å²) in [5, 5.41) is 1.42. The maximum atomic E-state index is 10.1. The molecule has 54 valence electrons. The molecule has 0 radical (unpaired) electrons. The first-order valence-corrected chi connectivity index (χ1v) is 5.55. The Hall–Kier alpha value is 0.240. The van der Waals surface area contributed by atoms with E-state index in [1.54, 1.807) is 6.08 Å². The molecule has 0 aromatic carbocycles. The largest absolute Gasteiger partial charge is 0.388 e. The Morgan fingerprint density at radius 1 is 1.67 bits per heavy atom. The van der Waals surface area contributed by atoms with Crippen molar-refractivity contribution in [3.8, 4) is 0 Å². The lowest BCUT2D eigenvalue weighted by Crippen LogP contribution is -1.63. The first-order chi connectivity index (χ1) is 4.06. The second-order valence-corrected chi connectivity index (χ2v) is 4.90. The van der Waals surface area contributed by atoms with Crippen molar-refractivity contribution < 1.29 is 14.4 Å². The van der Waals surface area contributed by atoms with Gasteiger partial charge in [-0.2, -0.15) is 0 Å². The first kappa shape index (κ1) is 9.24. The molecule has 0 heterocycles. The van der Waals surface area contributed by atoms with E-state index in [-0.39, 0.29) is 0 Å². The lowest BCUT2D eigenvalue weighted by atomic mass is 10.5. The number of rotatable bonds is 3. The number of hydrogen-bond acceptors (Lipinski definition) is 2.